The third-order valence-corrected chi connectivity index (χ3v) is 4.97. The molecule has 0 N–H and O–H groups in total. The van der Waals surface area contributed by atoms with Crippen LogP contribution in [-0.2, 0) is 28.9 Å². The Kier molecular flexibility index (Phi) is 3.88. The Morgan fingerprint density at radius 2 is 1.80 bits per heavy atom. The summed E-state index contributed by atoms with van der Waals surface area (Å²) in [6, 6.07) is 15.9. The van der Waals surface area contributed by atoms with Gasteiger partial charge in [-0.1, -0.05) is 42.5 Å². The van der Waals surface area contributed by atoms with E-state index in [2.05, 4.69) is 12.1 Å². The molecule has 0 aliphatic carbocycles. The molecule has 1 aromatic heterocycles. The number of esters is 1. The fraction of sp³-hybridized carbons (Fsp3) is 0.238. The number of hydrogen-bond donors (Lipinski definition) is 0. The number of pyridine rings is 1. The summed E-state index contributed by atoms with van der Waals surface area (Å²) in [5.74, 6) is -0.238. The summed E-state index contributed by atoms with van der Waals surface area (Å²) < 4.78 is 6.69. The minimum Gasteiger partial charge on any atom is -0.469 e. The molecular weight excluding hydrogens is 314 g/mol. The summed E-state index contributed by atoms with van der Waals surface area (Å²) in [4.78, 5) is 24.7. The lowest BCUT2D eigenvalue weighted by Crippen LogP contribution is -2.28. The van der Waals surface area contributed by atoms with E-state index in [4.69, 9.17) is 4.74 Å². The third kappa shape index (κ3) is 2.54. The lowest BCUT2D eigenvalue weighted by Gasteiger charge is -2.26. The number of carbonyl (C=O) groups is 1. The lowest BCUT2D eigenvalue weighted by molar-refractivity contribution is -0.140. The van der Waals surface area contributed by atoms with Crippen LogP contribution in [0.25, 0.3) is 22.0 Å². The number of fused-ring (bicyclic) bond motifs is 4. The van der Waals surface area contributed by atoms with Gasteiger partial charge in [0, 0.05) is 23.9 Å². The summed E-state index contributed by atoms with van der Waals surface area (Å²) in [6.07, 6.45) is 1.70. The first-order chi connectivity index (χ1) is 12.2. The van der Waals surface area contributed by atoms with Crippen molar-refractivity contribution in [1.82, 2.24) is 4.57 Å². The Morgan fingerprint density at radius 3 is 2.60 bits per heavy atom. The Balaban J connectivity index is 2.02. The Labute approximate surface area is 145 Å². The highest BCUT2D eigenvalue weighted by Gasteiger charge is 2.23. The number of methoxy groups -OCH3 is 1. The maximum Gasteiger partial charge on any atom is 0.305 e. The normalized spacial score (nSPS) is 12.5. The zero-order chi connectivity index (χ0) is 17.4. The van der Waals surface area contributed by atoms with Gasteiger partial charge >= 0.3 is 5.97 Å². The first-order valence-corrected chi connectivity index (χ1v) is 8.50. The summed E-state index contributed by atoms with van der Waals surface area (Å²) in [5, 5.41) is 1.64. The van der Waals surface area contributed by atoms with Crippen LogP contribution in [0.15, 0.2) is 53.3 Å². The van der Waals surface area contributed by atoms with Crippen molar-refractivity contribution in [2.45, 2.75) is 25.8 Å². The van der Waals surface area contributed by atoms with Crippen LogP contribution in [0.3, 0.4) is 0 Å². The minimum atomic E-state index is -0.238. The molecule has 0 radical (unpaired) electrons. The van der Waals surface area contributed by atoms with E-state index in [9.17, 15) is 9.59 Å². The van der Waals surface area contributed by atoms with E-state index in [1.54, 1.807) is 0 Å². The third-order valence-electron chi connectivity index (χ3n) is 4.97. The van der Waals surface area contributed by atoms with Crippen LogP contribution in [0.5, 0.6) is 0 Å². The maximum absolute atomic E-state index is 13.0. The van der Waals surface area contributed by atoms with Crippen molar-refractivity contribution in [3.8, 4) is 11.3 Å². The van der Waals surface area contributed by atoms with Gasteiger partial charge in [-0.15, -0.1) is 0 Å². The van der Waals surface area contributed by atoms with E-state index in [0.29, 0.717) is 24.8 Å². The van der Waals surface area contributed by atoms with Crippen LogP contribution < -0.4 is 5.56 Å². The van der Waals surface area contributed by atoms with Gasteiger partial charge in [0.2, 0.25) is 0 Å². The Bertz CT molecular complexity index is 1030. The highest BCUT2D eigenvalue weighted by Crippen LogP contribution is 2.34. The van der Waals surface area contributed by atoms with Gasteiger partial charge in [0.1, 0.15) is 0 Å². The van der Waals surface area contributed by atoms with Gasteiger partial charge in [0.05, 0.1) is 12.8 Å². The van der Waals surface area contributed by atoms with Crippen molar-refractivity contribution in [3.63, 3.8) is 0 Å². The second-order valence-electron chi connectivity index (χ2n) is 6.31. The van der Waals surface area contributed by atoms with Gasteiger partial charge in [-0.05, 0) is 35.4 Å². The molecule has 2 heterocycles. The van der Waals surface area contributed by atoms with Crippen LogP contribution in [0, 0.1) is 0 Å². The topological polar surface area (TPSA) is 48.3 Å². The molecule has 0 amide bonds. The summed E-state index contributed by atoms with van der Waals surface area (Å²) in [5.41, 5.74) is 4.39. The summed E-state index contributed by atoms with van der Waals surface area (Å²) in [7, 11) is 1.40. The van der Waals surface area contributed by atoms with Gasteiger partial charge in [0.25, 0.3) is 5.56 Å². The molecule has 1 aliphatic rings. The monoisotopic (exact) mass is 333 g/mol. The molecule has 0 saturated heterocycles. The zero-order valence-corrected chi connectivity index (χ0v) is 14.1. The van der Waals surface area contributed by atoms with Crippen molar-refractivity contribution >= 4 is 16.7 Å². The van der Waals surface area contributed by atoms with Crippen molar-refractivity contribution in [3.05, 3.63) is 70.0 Å². The van der Waals surface area contributed by atoms with E-state index in [1.165, 1.54) is 12.7 Å². The maximum atomic E-state index is 13.0. The average Bonchev–Trinajstić information content (AvgIpc) is 2.67. The molecule has 0 atom stereocenters. The number of benzene rings is 2. The second kappa shape index (κ2) is 6.20. The summed E-state index contributed by atoms with van der Waals surface area (Å²) in [6.45, 7) is 0.668. The molecule has 0 bridgehead atoms. The fourth-order valence-corrected chi connectivity index (χ4v) is 3.78. The van der Waals surface area contributed by atoms with E-state index >= 15 is 0 Å². The van der Waals surface area contributed by atoms with Crippen LogP contribution >= 0.6 is 0 Å². The van der Waals surface area contributed by atoms with E-state index in [0.717, 1.165) is 28.6 Å². The number of nitrogens with zero attached hydrogens (tertiary/aromatic N) is 1. The molecule has 25 heavy (non-hydrogen) atoms. The highest BCUT2D eigenvalue weighted by molar-refractivity contribution is 5.91. The molecule has 3 aromatic rings. The van der Waals surface area contributed by atoms with E-state index in [1.807, 2.05) is 41.0 Å². The van der Waals surface area contributed by atoms with Gasteiger partial charge in [-0.3, -0.25) is 9.59 Å². The molecule has 4 rings (SSSR count). The molecule has 126 valence electrons. The first-order valence-electron chi connectivity index (χ1n) is 8.50. The van der Waals surface area contributed by atoms with Gasteiger partial charge < -0.3 is 9.30 Å². The lowest BCUT2D eigenvalue weighted by atomic mass is 9.90. The summed E-state index contributed by atoms with van der Waals surface area (Å²) >= 11 is 0. The SMILES string of the molecule is COC(=O)CCc1c2n(c(=O)c3ccccc13)CCc1ccccc1-2. The quantitative estimate of drug-likeness (QED) is 0.691. The van der Waals surface area contributed by atoms with Crippen molar-refractivity contribution < 1.29 is 9.53 Å². The largest absolute Gasteiger partial charge is 0.469 e. The van der Waals surface area contributed by atoms with Crippen LogP contribution in [-0.4, -0.2) is 17.6 Å². The predicted octanol–water partition coefficient (Wildman–Crippen LogP) is 3.33. The number of aromatic nitrogens is 1. The molecule has 4 heteroatoms. The van der Waals surface area contributed by atoms with Gasteiger partial charge in [-0.25, -0.2) is 0 Å². The van der Waals surface area contributed by atoms with Crippen LogP contribution in [0.1, 0.15) is 17.5 Å². The van der Waals surface area contributed by atoms with Crippen LogP contribution in [0.4, 0.5) is 0 Å². The standard InChI is InChI=1S/C21H19NO3/c1-25-19(23)11-10-17-16-8-4-5-9-18(16)21(24)22-13-12-14-6-2-3-7-15(14)20(17)22/h2-9H,10-13H2,1H3. The zero-order valence-electron chi connectivity index (χ0n) is 14.1. The Hall–Kier alpha value is -2.88. The van der Waals surface area contributed by atoms with Crippen molar-refractivity contribution in [2.24, 2.45) is 0 Å². The number of carbonyl (C=O) groups excluding carboxylic acids is 1. The predicted molar refractivity (Wildman–Crippen MR) is 97.7 cm³/mol. The molecule has 0 fully saturated rings. The molecule has 2 aromatic carbocycles. The number of aryl methyl sites for hydroxylation is 2. The van der Waals surface area contributed by atoms with Crippen LogP contribution in [0.2, 0.25) is 0 Å². The molecule has 4 nitrogen and oxygen atoms in total. The minimum absolute atomic E-state index is 0.0434. The molecular formula is C21H19NO3. The number of hydrogen-bond acceptors (Lipinski definition) is 3. The smallest absolute Gasteiger partial charge is 0.305 e. The Morgan fingerprint density at radius 1 is 1.08 bits per heavy atom. The number of rotatable bonds is 3. The van der Waals surface area contributed by atoms with E-state index < -0.39 is 0 Å². The van der Waals surface area contributed by atoms with Crippen molar-refractivity contribution in [2.75, 3.05) is 7.11 Å². The number of ether oxygens (including phenoxy) is 1. The molecule has 0 unspecified atom stereocenters. The molecule has 0 saturated carbocycles. The first kappa shape index (κ1) is 15.6. The molecule has 1 aliphatic heterocycles. The van der Waals surface area contributed by atoms with Gasteiger partial charge in [0.15, 0.2) is 0 Å². The van der Waals surface area contributed by atoms with Crippen molar-refractivity contribution in [1.29, 1.82) is 0 Å². The average molecular weight is 333 g/mol. The van der Waals surface area contributed by atoms with Gasteiger partial charge in [-0.2, -0.15) is 0 Å². The second-order valence-corrected chi connectivity index (χ2v) is 6.31. The van der Waals surface area contributed by atoms with E-state index in [-0.39, 0.29) is 11.5 Å². The fourth-order valence-electron chi connectivity index (χ4n) is 3.78. The highest BCUT2D eigenvalue weighted by atomic mass is 16.5. The molecule has 0 spiro atoms.